The lowest BCUT2D eigenvalue weighted by atomic mass is 10.1. The third-order valence-electron chi connectivity index (χ3n) is 5.57. The molecule has 4 aromatic rings. The molecule has 0 aliphatic heterocycles. The zero-order valence-electron chi connectivity index (χ0n) is 19.6. The molecule has 2 heterocycles. The van der Waals surface area contributed by atoms with E-state index < -0.39 is 6.10 Å². The van der Waals surface area contributed by atoms with Crippen LogP contribution in [-0.4, -0.2) is 44.9 Å². The van der Waals surface area contributed by atoms with Gasteiger partial charge >= 0.3 is 5.69 Å². The van der Waals surface area contributed by atoms with Crippen molar-refractivity contribution in [3.8, 4) is 23.4 Å². The van der Waals surface area contributed by atoms with Crippen LogP contribution in [0, 0.1) is 11.3 Å². The SMILES string of the molecule is CC(Cc1ccc(Oc2ccc(C#N)cn2)cc1)NC[C@H](O)COc1cccc2[nH]c(=O)n(C)c12. The van der Waals surface area contributed by atoms with E-state index in [1.807, 2.05) is 36.4 Å². The van der Waals surface area contributed by atoms with Crippen molar-refractivity contribution >= 4 is 11.0 Å². The van der Waals surface area contributed by atoms with Gasteiger partial charge in [0.2, 0.25) is 5.88 Å². The lowest BCUT2D eigenvalue weighted by Gasteiger charge is -2.18. The van der Waals surface area contributed by atoms with Crippen molar-refractivity contribution < 1.29 is 14.6 Å². The highest BCUT2D eigenvalue weighted by Crippen LogP contribution is 2.23. The monoisotopic (exact) mass is 473 g/mol. The first-order valence-electron chi connectivity index (χ1n) is 11.3. The van der Waals surface area contributed by atoms with E-state index in [2.05, 4.69) is 22.2 Å². The van der Waals surface area contributed by atoms with E-state index in [4.69, 9.17) is 14.7 Å². The number of aromatic nitrogens is 3. The van der Waals surface area contributed by atoms with Crippen molar-refractivity contribution in [3.05, 3.63) is 82.4 Å². The van der Waals surface area contributed by atoms with Crippen LogP contribution < -0.4 is 20.5 Å². The number of nitrogens with zero attached hydrogens (tertiary/aromatic N) is 3. The van der Waals surface area contributed by atoms with Gasteiger partial charge in [-0.3, -0.25) is 4.57 Å². The predicted octanol–water partition coefficient (Wildman–Crippen LogP) is 2.89. The van der Waals surface area contributed by atoms with Crippen LogP contribution in [0.15, 0.2) is 65.6 Å². The molecule has 1 unspecified atom stereocenters. The zero-order chi connectivity index (χ0) is 24.8. The number of imidazole rings is 1. The van der Waals surface area contributed by atoms with Crippen molar-refractivity contribution in [1.29, 1.82) is 5.26 Å². The minimum Gasteiger partial charge on any atom is -0.489 e. The molecule has 35 heavy (non-hydrogen) atoms. The molecule has 0 spiro atoms. The summed E-state index contributed by atoms with van der Waals surface area (Å²) < 4.78 is 13.0. The number of aryl methyl sites for hydroxylation is 1. The Morgan fingerprint density at radius 2 is 2.00 bits per heavy atom. The third kappa shape index (κ3) is 6.06. The fraction of sp³-hybridized carbons (Fsp3) is 0.269. The van der Waals surface area contributed by atoms with Gasteiger partial charge in [-0.25, -0.2) is 9.78 Å². The summed E-state index contributed by atoms with van der Waals surface area (Å²) >= 11 is 0. The fourth-order valence-corrected chi connectivity index (χ4v) is 3.72. The lowest BCUT2D eigenvalue weighted by molar-refractivity contribution is 0.105. The van der Waals surface area contributed by atoms with Gasteiger partial charge in [-0.15, -0.1) is 0 Å². The molecule has 9 heteroatoms. The maximum atomic E-state index is 11.9. The fourth-order valence-electron chi connectivity index (χ4n) is 3.72. The molecule has 2 atom stereocenters. The van der Waals surface area contributed by atoms with Crippen molar-refractivity contribution in [3.63, 3.8) is 0 Å². The van der Waals surface area contributed by atoms with Crippen molar-refractivity contribution in [2.24, 2.45) is 7.05 Å². The van der Waals surface area contributed by atoms with E-state index in [1.54, 1.807) is 31.3 Å². The number of para-hydroxylation sites is 1. The summed E-state index contributed by atoms with van der Waals surface area (Å²) in [6.07, 6.45) is 1.53. The van der Waals surface area contributed by atoms with Gasteiger partial charge in [-0.05, 0) is 49.2 Å². The Labute approximate surface area is 202 Å². The van der Waals surface area contributed by atoms with Crippen LogP contribution >= 0.6 is 0 Å². The predicted molar refractivity (Wildman–Crippen MR) is 132 cm³/mol. The summed E-state index contributed by atoms with van der Waals surface area (Å²) in [6.45, 7) is 2.53. The standard InChI is InChI=1S/C26H27N5O4/c1-17(12-18-6-9-21(10-7-18)35-24-11-8-19(13-27)14-29-24)28-15-20(32)16-34-23-5-3-4-22-25(23)31(2)26(33)30-22/h3-11,14,17,20,28,32H,12,15-16H2,1-2H3,(H,30,33)/t17?,20-/m0/s1. The summed E-state index contributed by atoms with van der Waals surface area (Å²) in [6, 6.07) is 18.6. The van der Waals surface area contributed by atoms with E-state index in [1.165, 1.54) is 10.8 Å². The van der Waals surface area contributed by atoms with Gasteiger partial charge in [0.1, 0.15) is 35.8 Å². The Kier molecular flexibility index (Phi) is 7.45. The highest BCUT2D eigenvalue weighted by molar-refractivity contribution is 5.81. The minimum atomic E-state index is -0.709. The molecule has 0 amide bonds. The van der Waals surface area contributed by atoms with E-state index >= 15 is 0 Å². The van der Waals surface area contributed by atoms with Crippen molar-refractivity contribution in [2.45, 2.75) is 25.5 Å². The number of benzene rings is 2. The highest BCUT2D eigenvalue weighted by Gasteiger charge is 2.13. The number of pyridine rings is 1. The molecule has 2 aromatic heterocycles. The summed E-state index contributed by atoms with van der Waals surface area (Å²) in [4.78, 5) is 18.7. The number of nitrogens with one attached hydrogen (secondary N) is 2. The number of nitriles is 1. The summed E-state index contributed by atoms with van der Waals surface area (Å²) in [5.74, 6) is 1.64. The minimum absolute atomic E-state index is 0.105. The number of fused-ring (bicyclic) bond motifs is 1. The van der Waals surface area contributed by atoms with Crippen LogP contribution in [0.1, 0.15) is 18.1 Å². The molecule has 4 rings (SSSR count). The van der Waals surface area contributed by atoms with Gasteiger partial charge in [0, 0.05) is 31.9 Å². The molecule has 2 aromatic carbocycles. The van der Waals surface area contributed by atoms with Crippen LogP contribution in [0.3, 0.4) is 0 Å². The number of H-pyrrole nitrogens is 1. The highest BCUT2D eigenvalue weighted by atomic mass is 16.5. The largest absolute Gasteiger partial charge is 0.489 e. The normalized spacial score (nSPS) is 12.7. The van der Waals surface area contributed by atoms with Gasteiger partial charge in [-0.1, -0.05) is 18.2 Å². The number of aliphatic hydroxyl groups excluding tert-OH is 1. The zero-order valence-corrected chi connectivity index (χ0v) is 19.6. The molecule has 0 bridgehead atoms. The van der Waals surface area contributed by atoms with Crippen molar-refractivity contribution in [1.82, 2.24) is 19.9 Å². The van der Waals surface area contributed by atoms with Gasteiger partial charge in [0.25, 0.3) is 0 Å². The second kappa shape index (κ2) is 10.9. The smallest absolute Gasteiger partial charge is 0.326 e. The topological polar surface area (TPSA) is 125 Å². The molecule has 3 N–H and O–H groups in total. The first-order valence-corrected chi connectivity index (χ1v) is 11.3. The summed E-state index contributed by atoms with van der Waals surface area (Å²) in [5, 5.41) is 22.5. The lowest BCUT2D eigenvalue weighted by Crippen LogP contribution is -2.37. The Hall–Kier alpha value is -4.13. The molecule has 180 valence electrons. The molecular formula is C26H27N5O4. The Morgan fingerprint density at radius 3 is 2.71 bits per heavy atom. The average molecular weight is 474 g/mol. The number of aliphatic hydroxyl groups is 1. The molecule has 0 fully saturated rings. The summed E-state index contributed by atoms with van der Waals surface area (Å²) in [7, 11) is 1.68. The van der Waals surface area contributed by atoms with Gasteiger partial charge in [0.15, 0.2) is 0 Å². The number of hydrogen-bond acceptors (Lipinski definition) is 7. The Morgan fingerprint density at radius 1 is 1.20 bits per heavy atom. The third-order valence-corrected chi connectivity index (χ3v) is 5.57. The van der Waals surface area contributed by atoms with Gasteiger partial charge < -0.3 is 24.9 Å². The molecule has 0 radical (unpaired) electrons. The van der Waals surface area contributed by atoms with Gasteiger partial charge in [0.05, 0.1) is 11.1 Å². The number of hydrogen-bond donors (Lipinski definition) is 3. The number of aromatic amines is 1. The molecule has 0 aliphatic rings. The number of ether oxygens (including phenoxy) is 2. The van der Waals surface area contributed by atoms with E-state index in [0.717, 1.165) is 12.0 Å². The van der Waals surface area contributed by atoms with Crippen LogP contribution in [0.4, 0.5) is 0 Å². The Bertz CT molecular complexity index is 1370. The van der Waals surface area contributed by atoms with E-state index in [9.17, 15) is 9.90 Å². The quantitative estimate of drug-likeness (QED) is 0.323. The Balaban J connectivity index is 1.23. The first kappa shape index (κ1) is 24.0. The number of rotatable bonds is 10. The molecule has 0 aliphatic carbocycles. The van der Waals surface area contributed by atoms with Crippen LogP contribution in [0.25, 0.3) is 11.0 Å². The molecule has 0 saturated heterocycles. The van der Waals surface area contributed by atoms with Crippen LogP contribution in [-0.2, 0) is 13.5 Å². The summed E-state index contributed by atoms with van der Waals surface area (Å²) in [5.41, 5.74) is 2.76. The first-order chi connectivity index (χ1) is 16.9. The molecule has 0 saturated carbocycles. The van der Waals surface area contributed by atoms with Crippen LogP contribution in [0.2, 0.25) is 0 Å². The van der Waals surface area contributed by atoms with E-state index in [0.29, 0.717) is 40.5 Å². The maximum Gasteiger partial charge on any atom is 0.326 e. The molecule has 9 nitrogen and oxygen atoms in total. The van der Waals surface area contributed by atoms with Crippen LogP contribution in [0.5, 0.6) is 17.4 Å². The van der Waals surface area contributed by atoms with Gasteiger partial charge in [-0.2, -0.15) is 5.26 Å². The average Bonchev–Trinajstić information content (AvgIpc) is 3.17. The van der Waals surface area contributed by atoms with E-state index in [-0.39, 0.29) is 18.3 Å². The maximum absolute atomic E-state index is 11.9. The van der Waals surface area contributed by atoms with Crippen molar-refractivity contribution in [2.75, 3.05) is 13.2 Å². The molecular weight excluding hydrogens is 446 g/mol. The second-order valence-electron chi connectivity index (χ2n) is 8.36. The second-order valence-corrected chi connectivity index (χ2v) is 8.36.